The molecule has 0 fully saturated rings. The van der Waals surface area contributed by atoms with E-state index in [2.05, 4.69) is 46.7 Å². The Bertz CT molecular complexity index is 1470. The zero-order valence-electron chi connectivity index (χ0n) is 24.1. The Morgan fingerprint density at radius 1 is 0.791 bits per heavy atom. The molecule has 2 unspecified atom stereocenters. The number of unbranched alkanes of at least 4 members (excludes halogenated alkanes) is 4. The number of carboxylic acid groups (broad SMARTS) is 2. The predicted molar refractivity (Wildman–Crippen MR) is 166 cm³/mol. The largest absolute Gasteiger partial charge is 0.480 e. The summed E-state index contributed by atoms with van der Waals surface area (Å²) in [6.45, 7) is -0.352. The van der Waals surface area contributed by atoms with Gasteiger partial charge in [0.2, 0.25) is 0 Å². The summed E-state index contributed by atoms with van der Waals surface area (Å²) in [7, 11) is 0. The number of aromatic nitrogens is 1. The van der Waals surface area contributed by atoms with Crippen LogP contribution in [0.25, 0.3) is 21.0 Å². The average Bonchev–Trinajstić information content (AvgIpc) is 3.42. The first-order chi connectivity index (χ1) is 20.9. The highest BCUT2D eigenvalue weighted by Gasteiger charge is 2.36. The van der Waals surface area contributed by atoms with Gasteiger partial charge in [-0.25, -0.2) is 14.6 Å². The zero-order valence-corrected chi connectivity index (χ0v) is 24.9. The quantitative estimate of drug-likeness (QED) is 0.117. The SMILES string of the molecule is O=C(O)COC(C(=O)O)C(OCCCCCc1ccc2ccccc2c1)C(=O)NCCCCCc1nc2ccccc2s1. The molecule has 10 heteroatoms. The van der Waals surface area contributed by atoms with Crippen molar-refractivity contribution in [2.45, 2.75) is 63.6 Å². The van der Waals surface area contributed by atoms with E-state index in [0.717, 1.165) is 49.0 Å². The first kappa shape index (κ1) is 32.1. The van der Waals surface area contributed by atoms with Crippen molar-refractivity contribution in [3.8, 4) is 0 Å². The van der Waals surface area contributed by atoms with E-state index in [1.54, 1.807) is 11.3 Å². The Kier molecular flexibility index (Phi) is 12.4. The third kappa shape index (κ3) is 10.1. The number of aryl methyl sites for hydroxylation is 2. The van der Waals surface area contributed by atoms with Crippen LogP contribution in [0.5, 0.6) is 0 Å². The molecule has 0 aliphatic heterocycles. The highest BCUT2D eigenvalue weighted by atomic mass is 32.1. The summed E-state index contributed by atoms with van der Waals surface area (Å²) >= 11 is 1.69. The minimum atomic E-state index is -1.73. The molecule has 3 N–H and O–H groups in total. The normalized spacial score (nSPS) is 12.7. The van der Waals surface area contributed by atoms with Gasteiger partial charge in [-0.2, -0.15) is 0 Å². The number of hydrogen-bond donors (Lipinski definition) is 3. The molecule has 0 spiro atoms. The number of nitrogens with one attached hydrogen (secondary N) is 1. The fourth-order valence-electron chi connectivity index (χ4n) is 4.88. The second-order valence-electron chi connectivity index (χ2n) is 10.4. The Morgan fingerprint density at radius 3 is 2.33 bits per heavy atom. The van der Waals surface area contributed by atoms with Gasteiger partial charge in [-0.3, -0.25) is 4.79 Å². The molecular weight excluding hydrogens is 568 g/mol. The lowest BCUT2D eigenvalue weighted by atomic mass is 10.0. The van der Waals surface area contributed by atoms with Crippen molar-refractivity contribution in [3.63, 3.8) is 0 Å². The number of benzene rings is 3. The van der Waals surface area contributed by atoms with Crippen molar-refractivity contribution >= 4 is 50.2 Å². The molecular formula is C33H38N2O7S. The van der Waals surface area contributed by atoms with Gasteiger partial charge in [0.1, 0.15) is 6.61 Å². The van der Waals surface area contributed by atoms with Gasteiger partial charge in [-0.15, -0.1) is 11.3 Å². The maximum Gasteiger partial charge on any atom is 0.336 e. The molecule has 2 atom stereocenters. The first-order valence-electron chi connectivity index (χ1n) is 14.7. The number of para-hydroxylation sites is 1. The van der Waals surface area contributed by atoms with E-state index in [-0.39, 0.29) is 6.61 Å². The Morgan fingerprint density at radius 2 is 1.53 bits per heavy atom. The molecule has 228 valence electrons. The standard InChI is InChI=1S/C33H38N2O7S/c36-29(37)22-42-31(33(39)40)30(41-20-10-2-3-11-23-17-18-24-12-5-6-13-25(24)21-23)32(38)34-19-9-1-4-16-28-35-26-14-7-8-15-27(26)43-28/h5-8,12-15,17-18,21,30-31H,1-4,9-11,16,19-20,22H2,(H,34,38)(H,36,37)(H,39,40). The second kappa shape index (κ2) is 16.7. The van der Waals surface area contributed by atoms with Crippen molar-refractivity contribution in [2.24, 2.45) is 0 Å². The van der Waals surface area contributed by atoms with Crippen LogP contribution in [0.4, 0.5) is 0 Å². The summed E-state index contributed by atoms with van der Waals surface area (Å²) in [5, 5.41) is 24.9. The number of carboxylic acids is 2. The Balaban J connectivity index is 1.20. The van der Waals surface area contributed by atoms with Gasteiger partial charge in [0.25, 0.3) is 5.91 Å². The van der Waals surface area contributed by atoms with E-state index in [1.165, 1.54) is 21.0 Å². The summed E-state index contributed by atoms with van der Waals surface area (Å²) in [5.41, 5.74) is 2.24. The van der Waals surface area contributed by atoms with Gasteiger partial charge in [-0.05, 0) is 67.0 Å². The topological polar surface area (TPSA) is 135 Å². The number of fused-ring (bicyclic) bond motifs is 2. The van der Waals surface area contributed by atoms with Crippen LogP contribution in [0.15, 0.2) is 66.7 Å². The van der Waals surface area contributed by atoms with E-state index >= 15 is 0 Å². The van der Waals surface area contributed by atoms with E-state index in [9.17, 15) is 19.5 Å². The summed E-state index contributed by atoms with van der Waals surface area (Å²) in [6, 6.07) is 22.7. The van der Waals surface area contributed by atoms with Crippen molar-refractivity contribution < 1.29 is 34.1 Å². The number of carbonyl (C=O) groups excluding carboxylic acids is 1. The van der Waals surface area contributed by atoms with Crippen LogP contribution in [0.1, 0.15) is 49.1 Å². The van der Waals surface area contributed by atoms with Gasteiger partial charge in [0.15, 0.2) is 12.2 Å². The smallest absolute Gasteiger partial charge is 0.336 e. The van der Waals surface area contributed by atoms with E-state index in [1.807, 2.05) is 30.3 Å². The molecule has 4 rings (SSSR count). The lowest BCUT2D eigenvalue weighted by Crippen LogP contribution is -2.49. The van der Waals surface area contributed by atoms with Crippen LogP contribution in [0.3, 0.4) is 0 Å². The van der Waals surface area contributed by atoms with Gasteiger partial charge >= 0.3 is 11.9 Å². The number of nitrogens with zero attached hydrogens (tertiary/aromatic N) is 1. The number of hydrogen-bond acceptors (Lipinski definition) is 7. The fourth-order valence-corrected chi connectivity index (χ4v) is 5.89. The lowest BCUT2D eigenvalue weighted by Gasteiger charge is -2.23. The minimum absolute atomic E-state index is 0.151. The summed E-state index contributed by atoms with van der Waals surface area (Å²) in [4.78, 5) is 40.5. The highest BCUT2D eigenvalue weighted by molar-refractivity contribution is 7.18. The third-order valence-electron chi connectivity index (χ3n) is 7.09. The molecule has 0 radical (unpaired) electrons. The highest BCUT2D eigenvalue weighted by Crippen LogP contribution is 2.23. The van der Waals surface area contributed by atoms with Crippen molar-refractivity contribution in [1.82, 2.24) is 10.3 Å². The van der Waals surface area contributed by atoms with Gasteiger partial charge < -0.3 is 25.0 Å². The van der Waals surface area contributed by atoms with Crippen LogP contribution in [-0.4, -0.2) is 65.0 Å². The summed E-state index contributed by atoms with van der Waals surface area (Å²) in [5.74, 6) is -3.40. The number of rotatable bonds is 19. The third-order valence-corrected chi connectivity index (χ3v) is 8.19. The van der Waals surface area contributed by atoms with Gasteiger partial charge in [-0.1, -0.05) is 67.4 Å². The molecule has 0 bridgehead atoms. The molecule has 1 amide bonds. The predicted octanol–water partition coefficient (Wildman–Crippen LogP) is 5.63. The molecule has 0 saturated heterocycles. The minimum Gasteiger partial charge on any atom is -0.480 e. The molecule has 9 nitrogen and oxygen atoms in total. The second-order valence-corrected chi connectivity index (χ2v) is 11.5. The monoisotopic (exact) mass is 606 g/mol. The van der Waals surface area contributed by atoms with Crippen LogP contribution < -0.4 is 5.32 Å². The molecule has 1 heterocycles. The first-order valence-corrected chi connectivity index (χ1v) is 15.5. The maximum atomic E-state index is 13.0. The number of ether oxygens (including phenoxy) is 2. The Hall–Kier alpha value is -3.86. The van der Waals surface area contributed by atoms with Gasteiger partial charge in [0.05, 0.1) is 15.2 Å². The van der Waals surface area contributed by atoms with Crippen LogP contribution in [0, 0.1) is 0 Å². The summed E-state index contributed by atoms with van der Waals surface area (Å²) in [6.07, 6.45) is 3.38. The summed E-state index contributed by atoms with van der Waals surface area (Å²) < 4.78 is 11.9. The molecule has 0 aliphatic rings. The fraction of sp³-hybridized carbons (Fsp3) is 0.394. The van der Waals surface area contributed by atoms with Crippen molar-refractivity contribution in [1.29, 1.82) is 0 Å². The molecule has 3 aromatic carbocycles. The van der Waals surface area contributed by atoms with E-state index < -0.39 is 36.7 Å². The lowest BCUT2D eigenvalue weighted by molar-refractivity contribution is -0.172. The molecule has 1 aromatic heterocycles. The molecule has 4 aromatic rings. The number of aliphatic carboxylic acids is 2. The zero-order chi connectivity index (χ0) is 30.4. The number of amides is 1. The maximum absolute atomic E-state index is 13.0. The van der Waals surface area contributed by atoms with Crippen molar-refractivity contribution in [3.05, 3.63) is 77.3 Å². The van der Waals surface area contributed by atoms with Crippen LogP contribution >= 0.6 is 11.3 Å². The molecule has 0 saturated carbocycles. The van der Waals surface area contributed by atoms with Crippen LogP contribution in [0.2, 0.25) is 0 Å². The van der Waals surface area contributed by atoms with Crippen LogP contribution in [-0.2, 0) is 36.7 Å². The molecule has 43 heavy (non-hydrogen) atoms. The van der Waals surface area contributed by atoms with Crippen molar-refractivity contribution in [2.75, 3.05) is 19.8 Å². The van der Waals surface area contributed by atoms with E-state index in [4.69, 9.17) is 14.6 Å². The molecule has 0 aliphatic carbocycles. The van der Waals surface area contributed by atoms with E-state index in [0.29, 0.717) is 19.4 Å². The average molecular weight is 607 g/mol. The Labute approximate surface area is 254 Å². The van der Waals surface area contributed by atoms with Gasteiger partial charge in [0, 0.05) is 13.2 Å². The number of carbonyl (C=O) groups is 3. The number of thiazole rings is 1.